The standard InChI is InChI=1S/C17H25F2N3O/c1-13-5-4-8-22(11-13)17(20-2)21-10-14-6-3-7-15(9-14)23-12-16(18)19/h3,6-7,9,13,16H,4-5,8,10-12H2,1-2H3,(H,20,21). The number of hydrogen-bond acceptors (Lipinski definition) is 2. The molecule has 1 heterocycles. The molecule has 6 heteroatoms. The van der Waals surface area contributed by atoms with Crippen LogP contribution < -0.4 is 10.1 Å². The van der Waals surface area contributed by atoms with Crippen molar-refractivity contribution < 1.29 is 13.5 Å². The Balaban J connectivity index is 1.89. The van der Waals surface area contributed by atoms with Crippen molar-refractivity contribution in [3.8, 4) is 5.75 Å². The monoisotopic (exact) mass is 325 g/mol. The molecule has 23 heavy (non-hydrogen) atoms. The normalized spacial score (nSPS) is 19.1. The lowest BCUT2D eigenvalue weighted by atomic mass is 10.0. The van der Waals surface area contributed by atoms with Crippen LogP contribution in [0.3, 0.4) is 0 Å². The van der Waals surface area contributed by atoms with Crippen LogP contribution in [-0.4, -0.2) is 44.0 Å². The third kappa shape index (κ3) is 5.69. The van der Waals surface area contributed by atoms with Gasteiger partial charge in [-0.05, 0) is 36.5 Å². The molecule has 1 aromatic carbocycles. The molecular weight excluding hydrogens is 300 g/mol. The number of alkyl halides is 2. The van der Waals surface area contributed by atoms with E-state index in [-0.39, 0.29) is 0 Å². The van der Waals surface area contributed by atoms with Gasteiger partial charge in [-0.2, -0.15) is 0 Å². The second-order valence-corrected chi connectivity index (χ2v) is 5.94. The minimum atomic E-state index is -2.46. The summed E-state index contributed by atoms with van der Waals surface area (Å²) in [5, 5.41) is 3.34. The summed E-state index contributed by atoms with van der Waals surface area (Å²) >= 11 is 0. The largest absolute Gasteiger partial charge is 0.488 e. The molecule has 1 unspecified atom stereocenters. The predicted molar refractivity (Wildman–Crippen MR) is 88.1 cm³/mol. The van der Waals surface area contributed by atoms with E-state index in [0.29, 0.717) is 18.2 Å². The molecule has 0 bridgehead atoms. The number of likely N-dealkylation sites (tertiary alicyclic amines) is 1. The quantitative estimate of drug-likeness (QED) is 0.667. The average molecular weight is 325 g/mol. The highest BCUT2D eigenvalue weighted by Gasteiger charge is 2.18. The van der Waals surface area contributed by atoms with Crippen molar-refractivity contribution in [2.24, 2.45) is 10.9 Å². The van der Waals surface area contributed by atoms with E-state index in [1.165, 1.54) is 12.8 Å². The molecule has 1 fully saturated rings. The molecular formula is C17H25F2N3O. The average Bonchev–Trinajstić information content (AvgIpc) is 2.54. The van der Waals surface area contributed by atoms with Crippen molar-refractivity contribution in [3.05, 3.63) is 29.8 Å². The van der Waals surface area contributed by atoms with E-state index < -0.39 is 13.0 Å². The third-order valence-electron chi connectivity index (χ3n) is 3.89. The summed E-state index contributed by atoms with van der Waals surface area (Å²) in [4.78, 5) is 6.61. The Bertz CT molecular complexity index is 522. The van der Waals surface area contributed by atoms with E-state index >= 15 is 0 Å². The van der Waals surface area contributed by atoms with Gasteiger partial charge in [0.2, 0.25) is 0 Å². The van der Waals surface area contributed by atoms with Crippen LogP contribution in [0.15, 0.2) is 29.3 Å². The molecule has 0 spiro atoms. The fourth-order valence-electron chi connectivity index (χ4n) is 2.80. The lowest BCUT2D eigenvalue weighted by Crippen LogP contribution is -2.45. The van der Waals surface area contributed by atoms with Crippen molar-refractivity contribution in [2.45, 2.75) is 32.7 Å². The fourth-order valence-corrected chi connectivity index (χ4v) is 2.80. The molecule has 0 aliphatic carbocycles. The van der Waals surface area contributed by atoms with Gasteiger partial charge in [0.05, 0.1) is 0 Å². The van der Waals surface area contributed by atoms with Crippen LogP contribution in [0.4, 0.5) is 8.78 Å². The summed E-state index contributed by atoms with van der Waals surface area (Å²) in [6.07, 6.45) is -0.0211. The van der Waals surface area contributed by atoms with Crippen LogP contribution >= 0.6 is 0 Å². The first-order valence-corrected chi connectivity index (χ1v) is 8.04. The first-order valence-electron chi connectivity index (χ1n) is 8.04. The Morgan fingerprint density at radius 3 is 3.00 bits per heavy atom. The zero-order valence-corrected chi connectivity index (χ0v) is 13.8. The topological polar surface area (TPSA) is 36.9 Å². The van der Waals surface area contributed by atoms with Gasteiger partial charge in [0.15, 0.2) is 5.96 Å². The van der Waals surface area contributed by atoms with E-state index in [9.17, 15) is 8.78 Å². The molecule has 1 saturated heterocycles. The molecule has 0 aromatic heterocycles. The van der Waals surface area contributed by atoms with Gasteiger partial charge in [-0.1, -0.05) is 19.1 Å². The zero-order valence-electron chi connectivity index (χ0n) is 13.8. The number of nitrogens with one attached hydrogen (secondary N) is 1. The molecule has 128 valence electrons. The number of hydrogen-bond donors (Lipinski definition) is 1. The maximum Gasteiger partial charge on any atom is 0.272 e. The summed E-state index contributed by atoms with van der Waals surface area (Å²) < 4.78 is 29.5. The van der Waals surface area contributed by atoms with Crippen LogP contribution in [0.25, 0.3) is 0 Å². The van der Waals surface area contributed by atoms with Gasteiger partial charge in [-0.25, -0.2) is 8.78 Å². The number of halogens is 2. The summed E-state index contributed by atoms with van der Waals surface area (Å²) in [6.45, 7) is 4.29. The molecule has 0 radical (unpaired) electrons. The van der Waals surface area contributed by atoms with Gasteiger partial charge in [-0.15, -0.1) is 0 Å². The van der Waals surface area contributed by atoms with Crippen LogP contribution in [-0.2, 0) is 6.54 Å². The summed E-state index contributed by atoms with van der Waals surface area (Å²) in [5.41, 5.74) is 0.975. The van der Waals surface area contributed by atoms with Crippen molar-refractivity contribution in [3.63, 3.8) is 0 Å². The zero-order chi connectivity index (χ0) is 16.7. The van der Waals surface area contributed by atoms with Gasteiger partial charge in [-0.3, -0.25) is 4.99 Å². The minimum Gasteiger partial charge on any atom is -0.488 e. The number of aliphatic imine (C=N–C) groups is 1. The van der Waals surface area contributed by atoms with Gasteiger partial charge in [0, 0.05) is 26.7 Å². The molecule has 1 aliphatic heterocycles. The van der Waals surface area contributed by atoms with Gasteiger partial charge >= 0.3 is 0 Å². The van der Waals surface area contributed by atoms with E-state index in [0.717, 1.165) is 24.6 Å². The Labute approximate surface area is 136 Å². The molecule has 1 atom stereocenters. The van der Waals surface area contributed by atoms with E-state index in [2.05, 4.69) is 22.1 Å². The van der Waals surface area contributed by atoms with E-state index in [4.69, 9.17) is 4.74 Å². The maximum atomic E-state index is 12.2. The smallest absolute Gasteiger partial charge is 0.272 e. The van der Waals surface area contributed by atoms with Crippen LogP contribution in [0.2, 0.25) is 0 Å². The number of benzene rings is 1. The summed E-state index contributed by atoms with van der Waals surface area (Å²) in [7, 11) is 1.78. The van der Waals surface area contributed by atoms with Crippen LogP contribution in [0.1, 0.15) is 25.3 Å². The van der Waals surface area contributed by atoms with Crippen molar-refractivity contribution in [2.75, 3.05) is 26.7 Å². The molecule has 1 aliphatic rings. The Hall–Kier alpha value is -1.85. The lowest BCUT2D eigenvalue weighted by Gasteiger charge is -2.33. The highest BCUT2D eigenvalue weighted by Crippen LogP contribution is 2.16. The molecule has 1 aromatic rings. The third-order valence-corrected chi connectivity index (χ3v) is 3.89. The Morgan fingerprint density at radius 1 is 1.48 bits per heavy atom. The summed E-state index contributed by atoms with van der Waals surface area (Å²) in [6, 6.07) is 7.21. The molecule has 0 saturated carbocycles. The summed E-state index contributed by atoms with van der Waals surface area (Å²) in [5.74, 6) is 2.02. The van der Waals surface area contributed by atoms with Crippen LogP contribution in [0, 0.1) is 5.92 Å². The van der Waals surface area contributed by atoms with Crippen molar-refractivity contribution >= 4 is 5.96 Å². The van der Waals surface area contributed by atoms with Gasteiger partial charge < -0.3 is 15.0 Å². The Kier molecular flexibility index (Phi) is 6.62. The van der Waals surface area contributed by atoms with Crippen molar-refractivity contribution in [1.82, 2.24) is 10.2 Å². The number of rotatable bonds is 5. The Morgan fingerprint density at radius 2 is 2.30 bits per heavy atom. The highest BCUT2D eigenvalue weighted by molar-refractivity contribution is 5.80. The fraction of sp³-hybridized carbons (Fsp3) is 0.588. The van der Waals surface area contributed by atoms with E-state index in [1.54, 1.807) is 19.2 Å². The second-order valence-electron chi connectivity index (χ2n) is 5.94. The first-order chi connectivity index (χ1) is 11.1. The molecule has 4 nitrogen and oxygen atoms in total. The number of guanidine groups is 1. The van der Waals surface area contributed by atoms with Crippen molar-refractivity contribution in [1.29, 1.82) is 0 Å². The first kappa shape index (κ1) is 17.5. The molecule has 2 rings (SSSR count). The van der Waals surface area contributed by atoms with Crippen LogP contribution in [0.5, 0.6) is 5.75 Å². The SMILES string of the molecule is CN=C(NCc1cccc(OCC(F)F)c1)N1CCCC(C)C1. The number of ether oxygens (including phenoxy) is 1. The predicted octanol–water partition coefficient (Wildman–Crippen LogP) is 3.14. The van der Waals surface area contributed by atoms with Gasteiger partial charge in [0.1, 0.15) is 12.4 Å². The second kappa shape index (κ2) is 8.70. The highest BCUT2D eigenvalue weighted by atomic mass is 19.3. The van der Waals surface area contributed by atoms with E-state index in [1.807, 2.05) is 12.1 Å². The minimum absolute atomic E-state index is 0.464. The number of nitrogens with zero attached hydrogens (tertiary/aromatic N) is 2. The number of piperidine rings is 1. The molecule has 1 N–H and O–H groups in total. The van der Waals surface area contributed by atoms with Gasteiger partial charge in [0.25, 0.3) is 6.43 Å². The maximum absolute atomic E-state index is 12.2. The lowest BCUT2D eigenvalue weighted by molar-refractivity contribution is 0.0818. The molecule has 0 amide bonds.